The third-order valence-electron chi connectivity index (χ3n) is 6.36. The van der Waals surface area contributed by atoms with E-state index in [1.165, 1.54) is 19.1 Å². The normalized spacial score (nSPS) is 15.6. The van der Waals surface area contributed by atoms with Crippen molar-refractivity contribution in [2.45, 2.75) is 57.8 Å². The number of carbonyl (C=O) groups excluding carboxylic acids is 2. The second kappa shape index (κ2) is 15.2. The number of carboxylic acid groups (broad SMARTS) is 1. The molecule has 0 bridgehead atoms. The van der Waals surface area contributed by atoms with E-state index in [0.717, 1.165) is 16.7 Å². The highest BCUT2D eigenvalue weighted by molar-refractivity contribution is 5.88. The van der Waals surface area contributed by atoms with Crippen LogP contribution in [0.5, 0.6) is 11.5 Å². The van der Waals surface area contributed by atoms with Gasteiger partial charge in [0.1, 0.15) is 12.1 Å². The second-order valence-corrected chi connectivity index (χ2v) is 8.72. The van der Waals surface area contributed by atoms with Crippen LogP contribution < -0.4 is 14.8 Å². The van der Waals surface area contributed by atoms with Gasteiger partial charge in [0, 0.05) is 13.0 Å². The predicted molar refractivity (Wildman–Crippen MR) is 144 cm³/mol. The molecule has 3 unspecified atom stereocenters. The highest BCUT2D eigenvalue weighted by atomic mass is 35.5. The maximum atomic E-state index is 13.5. The first-order valence-electron chi connectivity index (χ1n) is 12.0. The number of aryl methyl sites for hydroxylation is 1. The first-order valence-corrected chi connectivity index (χ1v) is 12.0. The number of aliphatic carboxylic acids is 1. The number of hydrogen-bond donors (Lipinski definition) is 2. The van der Waals surface area contributed by atoms with Gasteiger partial charge in [0.25, 0.3) is 0 Å². The second-order valence-electron chi connectivity index (χ2n) is 8.72. The van der Waals surface area contributed by atoms with Gasteiger partial charge < -0.3 is 29.7 Å². The number of fused-ring (bicyclic) bond motifs is 1. The molecule has 10 nitrogen and oxygen atoms in total. The number of methoxy groups -OCH3 is 2. The molecule has 11 heteroatoms. The van der Waals surface area contributed by atoms with Crippen LogP contribution in [0, 0.1) is 0 Å². The summed E-state index contributed by atoms with van der Waals surface area (Å²) in [4.78, 5) is 39.6. The van der Waals surface area contributed by atoms with Gasteiger partial charge in [-0.1, -0.05) is 30.3 Å². The fourth-order valence-corrected chi connectivity index (χ4v) is 4.45. The van der Waals surface area contributed by atoms with E-state index in [2.05, 4.69) is 5.32 Å². The van der Waals surface area contributed by atoms with Gasteiger partial charge >= 0.3 is 11.9 Å². The first kappa shape index (κ1) is 32.7. The Morgan fingerprint density at radius 1 is 1.08 bits per heavy atom. The van der Waals surface area contributed by atoms with Crippen molar-refractivity contribution in [3.05, 3.63) is 59.2 Å². The van der Waals surface area contributed by atoms with Gasteiger partial charge in [-0.3, -0.25) is 14.9 Å². The molecule has 1 aliphatic heterocycles. The monoisotopic (exact) mass is 552 g/mol. The molecule has 0 radical (unpaired) electrons. The molecule has 210 valence electrons. The Morgan fingerprint density at radius 2 is 1.68 bits per heavy atom. The van der Waals surface area contributed by atoms with E-state index in [9.17, 15) is 19.5 Å². The topological polar surface area (TPSA) is 146 Å². The number of halogens is 1. The summed E-state index contributed by atoms with van der Waals surface area (Å²) < 4.78 is 15.9. The van der Waals surface area contributed by atoms with E-state index in [4.69, 9.17) is 14.2 Å². The zero-order valence-electron chi connectivity index (χ0n) is 22.1. The van der Waals surface area contributed by atoms with Gasteiger partial charge in [0.2, 0.25) is 5.91 Å². The summed E-state index contributed by atoms with van der Waals surface area (Å²) in [7, 11) is 3.04. The third-order valence-corrected chi connectivity index (χ3v) is 6.36. The van der Waals surface area contributed by atoms with Crippen molar-refractivity contribution in [1.29, 1.82) is 0 Å². The SMILES string of the molecule is CCOC(=O)C(CCc1ccccc1)NC(C)C(=O)N1Cc2cc(OC)c(OC)cc2CC1C(=O)O.Cl.O. The van der Waals surface area contributed by atoms with Crippen LogP contribution in [-0.2, 0) is 38.5 Å². The lowest BCUT2D eigenvalue weighted by molar-refractivity contribution is -0.153. The van der Waals surface area contributed by atoms with Gasteiger partial charge in [0.05, 0.1) is 26.9 Å². The molecule has 0 aromatic heterocycles. The molecule has 1 amide bonds. The lowest BCUT2D eigenvalue weighted by Crippen LogP contribution is -2.56. The summed E-state index contributed by atoms with van der Waals surface area (Å²) in [5.41, 5.74) is 2.64. The van der Waals surface area contributed by atoms with Crippen molar-refractivity contribution in [2.24, 2.45) is 0 Å². The van der Waals surface area contributed by atoms with Crippen LogP contribution in [0.25, 0.3) is 0 Å². The maximum absolute atomic E-state index is 13.5. The molecule has 0 aliphatic carbocycles. The number of ether oxygens (including phenoxy) is 3. The Hall–Kier alpha value is -3.34. The smallest absolute Gasteiger partial charge is 0.326 e. The van der Waals surface area contributed by atoms with Gasteiger partial charge in [0.15, 0.2) is 11.5 Å². The molecule has 0 saturated heterocycles. The van der Waals surface area contributed by atoms with Crippen LogP contribution >= 0.6 is 12.4 Å². The molecular weight excluding hydrogens is 516 g/mol. The number of rotatable bonds is 11. The molecule has 3 atom stereocenters. The molecule has 0 saturated carbocycles. The number of amides is 1. The summed E-state index contributed by atoms with van der Waals surface area (Å²) in [6.07, 6.45) is 1.19. The molecule has 1 heterocycles. The Labute approximate surface area is 229 Å². The summed E-state index contributed by atoms with van der Waals surface area (Å²) in [5, 5.41) is 13.0. The van der Waals surface area contributed by atoms with Gasteiger partial charge in [-0.05, 0) is 55.5 Å². The molecule has 1 aliphatic rings. The molecule has 2 aromatic carbocycles. The average Bonchev–Trinajstić information content (AvgIpc) is 2.89. The number of nitrogens with one attached hydrogen (secondary N) is 1. The number of carboxylic acids is 1. The molecule has 38 heavy (non-hydrogen) atoms. The lowest BCUT2D eigenvalue weighted by atomic mass is 9.92. The minimum Gasteiger partial charge on any atom is -0.493 e. The van der Waals surface area contributed by atoms with E-state index in [-0.39, 0.29) is 37.5 Å². The summed E-state index contributed by atoms with van der Waals surface area (Å²) in [6.45, 7) is 3.69. The molecular formula is C27H37ClN2O8. The van der Waals surface area contributed by atoms with Crippen LogP contribution in [-0.4, -0.2) is 72.3 Å². The Morgan fingerprint density at radius 3 is 2.24 bits per heavy atom. The predicted octanol–water partition coefficient (Wildman–Crippen LogP) is 2.18. The highest BCUT2D eigenvalue weighted by Crippen LogP contribution is 2.35. The number of nitrogens with zero attached hydrogens (tertiary/aromatic N) is 1. The Kier molecular flexibility index (Phi) is 13.0. The average molecular weight is 553 g/mol. The molecule has 0 spiro atoms. The van der Waals surface area contributed by atoms with E-state index < -0.39 is 36.0 Å². The first-order chi connectivity index (χ1) is 17.3. The van der Waals surface area contributed by atoms with Crippen molar-refractivity contribution in [3.63, 3.8) is 0 Å². The maximum Gasteiger partial charge on any atom is 0.326 e. The largest absolute Gasteiger partial charge is 0.493 e. The zero-order chi connectivity index (χ0) is 26.2. The molecule has 2 aromatic rings. The van der Waals surface area contributed by atoms with Crippen molar-refractivity contribution < 1.29 is 39.2 Å². The van der Waals surface area contributed by atoms with Crippen molar-refractivity contribution in [2.75, 3.05) is 20.8 Å². The van der Waals surface area contributed by atoms with Crippen LogP contribution in [0.3, 0.4) is 0 Å². The van der Waals surface area contributed by atoms with Gasteiger partial charge in [-0.15, -0.1) is 12.4 Å². The van der Waals surface area contributed by atoms with Gasteiger partial charge in [-0.2, -0.15) is 0 Å². The summed E-state index contributed by atoms with van der Waals surface area (Å²) in [5.74, 6) is -0.930. The Bertz CT molecular complexity index is 1080. The van der Waals surface area contributed by atoms with E-state index in [1.54, 1.807) is 26.0 Å². The Balaban J connectivity index is 0.00000361. The number of benzene rings is 2. The van der Waals surface area contributed by atoms with Crippen molar-refractivity contribution in [1.82, 2.24) is 10.2 Å². The van der Waals surface area contributed by atoms with Gasteiger partial charge in [-0.25, -0.2) is 4.79 Å². The molecule has 4 N–H and O–H groups in total. The quantitative estimate of drug-likeness (QED) is 0.403. The summed E-state index contributed by atoms with van der Waals surface area (Å²) >= 11 is 0. The standard InChI is InChI=1S/C27H34N2O7.ClH.H2O/c1-5-36-27(33)21(12-11-18-9-7-6-8-10-18)28-17(2)25(30)29-16-20-15-24(35-4)23(34-3)14-19(20)13-22(29)26(31)32;;/h6-10,14-15,17,21-22,28H,5,11-13,16H2,1-4H3,(H,31,32);1H;1H2. The minimum absolute atomic E-state index is 0. The highest BCUT2D eigenvalue weighted by Gasteiger charge is 2.38. The van der Waals surface area contributed by atoms with Crippen LogP contribution in [0.15, 0.2) is 42.5 Å². The number of esters is 1. The number of hydrogen-bond acceptors (Lipinski definition) is 7. The van der Waals surface area contributed by atoms with Crippen molar-refractivity contribution >= 4 is 30.3 Å². The fraction of sp³-hybridized carbons (Fsp3) is 0.444. The van der Waals surface area contributed by atoms with E-state index >= 15 is 0 Å². The van der Waals surface area contributed by atoms with E-state index in [0.29, 0.717) is 24.3 Å². The van der Waals surface area contributed by atoms with E-state index in [1.807, 2.05) is 30.3 Å². The number of carbonyl (C=O) groups is 3. The molecule has 3 rings (SSSR count). The van der Waals surface area contributed by atoms with Crippen LogP contribution in [0.4, 0.5) is 0 Å². The van der Waals surface area contributed by atoms with Crippen LogP contribution in [0.1, 0.15) is 37.0 Å². The minimum atomic E-state index is -1.10. The zero-order valence-corrected chi connectivity index (χ0v) is 22.9. The third kappa shape index (κ3) is 7.83. The summed E-state index contributed by atoms with van der Waals surface area (Å²) in [6, 6.07) is 10.7. The van der Waals surface area contributed by atoms with Crippen LogP contribution in [0.2, 0.25) is 0 Å². The lowest BCUT2D eigenvalue weighted by Gasteiger charge is -2.37. The molecule has 0 fully saturated rings. The fourth-order valence-electron chi connectivity index (χ4n) is 4.45. The van der Waals surface area contributed by atoms with Crippen molar-refractivity contribution in [3.8, 4) is 11.5 Å².